The molecule has 0 bridgehead atoms. The number of amides is 2. The Morgan fingerprint density at radius 3 is 2.41 bits per heavy atom. The Balaban J connectivity index is 4.60. The Labute approximate surface area is 102 Å². The third kappa shape index (κ3) is 4.77. The van der Waals surface area contributed by atoms with Crippen LogP contribution in [0.5, 0.6) is 0 Å². The van der Waals surface area contributed by atoms with Crippen LogP contribution in [0.1, 0.15) is 27.2 Å². The number of aliphatic carboxylic acids is 1. The summed E-state index contributed by atoms with van der Waals surface area (Å²) in [5.41, 5.74) is 0. The number of carboxylic acid groups (broad SMARTS) is 1. The fourth-order valence-electron chi connectivity index (χ4n) is 1.34. The maximum absolute atomic E-state index is 11.8. The van der Waals surface area contributed by atoms with Gasteiger partial charge in [-0.25, -0.2) is 9.59 Å². The minimum Gasteiger partial charge on any atom is -0.480 e. The third-order valence-corrected chi connectivity index (χ3v) is 2.71. The Morgan fingerprint density at radius 1 is 1.47 bits per heavy atom. The van der Waals surface area contributed by atoms with E-state index in [0.29, 0.717) is 13.0 Å². The molecule has 0 saturated heterocycles. The Kier molecular flexibility index (Phi) is 6.80. The van der Waals surface area contributed by atoms with E-state index < -0.39 is 18.0 Å². The van der Waals surface area contributed by atoms with Crippen molar-refractivity contribution in [3.8, 4) is 12.3 Å². The van der Waals surface area contributed by atoms with E-state index in [0.717, 1.165) is 0 Å². The molecule has 0 radical (unpaired) electrons. The van der Waals surface area contributed by atoms with E-state index in [1.54, 1.807) is 13.8 Å². The van der Waals surface area contributed by atoms with Gasteiger partial charge in [0.1, 0.15) is 6.04 Å². The highest BCUT2D eigenvalue weighted by molar-refractivity contribution is 5.82. The van der Waals surface area contributed by atoms with Crippen molar-refractivity contribution in [2.24, 2.45) is 5.92 Å². The molecule has 0 unspecified atom stereocenters. The number of carbonyl (C=O) groups is 2. The fraction of sp³-hybridized carbons (Fsp3) is 0.667. The van der Waals surface area contributed by atoms with Gasteiger partial charge in [0, 0.05) is 6.54 Å². The molecular weight excluding hydrogens is 220 g/mol. The molecule has 0 aliphatic carbocycles. The zero-order valence-electron chi connectivity index (χ0n) is 10.6. The van der Waals surface area contributed by atoms with Crippen LogP contribution in [0.2, 0.25) is 0 Å². The highest BCUT2D eigenvalue weighted by Crippen LogP contribution is 2.08. The second-order valence-corrected chi connectivity index (χ2v) is 3.87. The smallest absolute Gasteiger partial charge is 0.326 e. The van der Waals surface area contributed by atoms with Gasteiger partial charge in [-0.2, -0.15) is 0 Å². The van der Waals surface area contributed by atoms with Gasteiger partial charge in [-0.1, -0.05) is 26.2 Å². The average molecular weight is 240 g/mol. The molecule has 0 aliphatic rings. The van der Waals surface area contributed by atoms with Crippen LogP contribution >= 0.6 is 0 Å². The third-order valence-electron chi connectivity index (χ3n) is 2.71. The number of hydrogen-bond acceptors (Lipinski definition) is 2. The molecule has 0 aromatic heterocycles. The SMILES string of the molecule is C#CCN(CC)C(=O)N[C@H](C(=O)O)[C@@H](C)CC. The predicted molar refractivity (Wildman–Crippen MR) is 65.5 cm³/mol. The topological polar surface area (TPSA) is 69.6 Å². The maximum Gasteiger partial charge on any atom is 0.326 e. The molecule has 0 fully saturated rings. The largest absolute Gasteiger partial charge is 0.480 e. The molecule has 0 heterocycles. The number of terminal acetylenes is 1. The van der Waals surface area contributed by atoms with Crippen molar-refractivity contribution >= 4 is 12.0 Å². The van der Waals surface area contributed by atoms with Crippen molar-refractivity contribution in [1.29, 1.82) is 0 Å². The first-order valence-corrected chi connectivity index (χ1v) is 5.69. The number of nitrogens with zero attached hydrogens (tertiary/aromatic N) is 1. The van der Waals surface area contributed by atoms with E-state index >= 15 is 0 Å². The van der Waals surface area contributed by atoms with Crippen LogP contribution in [0.3, 0.4) is 0 Å². The molecular formula is C12H20N2O3. The molecule has 96 valence electrons. The van der Waals surface area contributed by atoms with E-state index in [-0.39, 0.29) is 12.5 Å². The summed E-state index contributed by atoms with van der Waals surface area (Å²) in [6, 6.07) is -1.31. The lowest BCUT2D eigenvalue weighted by atomic mass is 9.99. The Morgan fingerprint density at radius 2 is 2.06 bits per heavy atom. The van der Waals surface area contributed by atoms with Crippen molar-refractivity contribution in [2.45, 2.75) is 33.2 Å². The highest BCUT2D eigenvalue weighted by atomic mass is 16.4. The van der Waals surface area contributed by atoms with Crippen LogP contribution in [-0.2, 0) is 4.79 Å². The van der Waals surface area contributed by atoms with E-state index in [9.17, 15) is 9.59 Å². The van der Waals surface area contributed by atoms with Crippen molar-refractivity contribution < 1.29 is 14.7 Å². The van der Waals surface area contributed by atoms with Gasteiger partial charge in [0.25, 0.3) is 0 Å². The summed E-state index contributed by atoms with van der Waals surface area (Å²) in [7, 11) is 0. The highest BCUT2D eigenvalue weighted by Gasteiger charge is 2.26. The summed E-state index contributed by atoms with van der Waals surface area (Å²) in [6.07, 6.45) is 5.81. The summed E-state index contributed by atoms with van der Waals surface area (Å²) in [5.74, 6) is 1.22. The standard InChI is InChI=1S/C12H20N2O3/c1-5-8-14(7-3)12(17)13-10(11(15)16)9(4)6-2/h1,9-10H,6-8H2,2-4H3,(H,13,17)(H,15,16)/t9-,10-/m0/s1. The number of hydrogen-bond donors (Lipinski definition) is 2. The zero-order chi connectivity index (χ0) is 13.4. The van der Waals surface area contributed by atoms with Gasteiger partial charge < -0.3 is 15.3 Å². The minimum atomic E-state index is -1.02. The Bertz CT molecular complexity index is 309. The van der Waals surface area contributed by atoms with Gasteiger partial charge in [0.15, 0.2) is 0 Å². The molecule has 0 saturated carbocycles. The molecule has 5 heteroatoms. The molecule has 2 atom stereocenters. The number of carbonyl (C=O) groups excluding carboxylic acids is 1. The first-order chi connectivity index (χ1) is 7.97. The summed E-state index contributed by atoms with van der Waals surface area (Å²) >= 11 is 0. The number of rotatable bonds is 6. The normalized spacial score (nSPS) is 13.3. The zero-order valence-corrected chi connectivity index (χ0v) is 10.6. The van der Waals surface area contributed by atoms with Crippen molar-refractivity contribution in [1.82, 2.24) is 10.2 Å². The molecule has 0 aromatic rings. The van der Waals surface area contributed by atoms with E-state index in [1.807, 2.05) is 6.92 Å². The van der Waals surface area contributed by atoms with E-state index in [2.05, 4.69) is 11.2 Å². The second kappa shape index (κ2) is 7.55. The second-order valence-electron chi connectivity index (χ2n) is 3.87. The molecule has 0 spiro atoms. The van der Waals surface area contributed by atoms with Crippen LogP contribution in [0.25, 0.3) is 0 Å². The number of nitrogens with one attached hydrogen (secondary N) is 1. The Hall–Kier alpha value is -1.70. The van der Waals surface area contributed by atoms with Crippen molar-refractivity contribution in [2.75, 3.05) is 13.1 Å². The molecule has 0 aliphatic heterocycles. The molecule has 2 amide bonds. The number of carboxylic acids is 1. The summed E-state index contributed by atoms with van der Waals surface area (Å²) in [4.78, 5) is 24.2. The lowest BCUT2D eigenvalue weighted by molar-refractivity contribution is -0.140. The first-order valence-electron chi connectivity index (χ1n) is 5.69. The summed E-state index contributed by atoms with van der Waals surface area (Å²) in [6.45, 7) is 6.08. The van der Waals surface area contributed by atoms with Crippen LogP contribution in [0.15, 0.2) is 0 Å². The predicted octanol–water partition coefficient (Wildman–Crippen LogP) is 1.15. The average Bonchev–Trinajstić information content (AvgIpc) is 2.31. The van der Waals surface area contributed by atoms with Gasteiger partial charge in [-0.3, -0.25) is 0 Å². The fourth-order valence-corrected chi connectivity index (χ4v) is 1.34. The summed E-state index contributed by atoms with van der Waals surface area (Å²) < 4.78 is 0. The monoisotopic (exact) mass is 240 g/mol. The maximum atomic E-state index is 11.8. The van der Waals surface area contributed by atoms with Crippen molar-refractivity contribution in [3.63, 3.8) is 0 Å². The van der Waals surface area contributed by atoms with Gasteiger partial charge in [-0.15, -0.1) is 6.42 Å². The van der Waals surface area contributed by atoms with E-state index in [4.69, 9.17) is 11.5 Å². The van der Waals surface area contributed by atoms with Gasteiger partial charge in [0.2, 0.25) is 0 Å². The quantitative estimate of drug-likeness (QED) is 0.684. The van der Waals surface area contributed by atoms with Gasteiger partial charge >= 0.3 is 12.0 Å². The van der Waals surface area contributed by atoms with Crippen LogP contribution in [0.4, 0.5) is 4.79 Å². The molecule has 0 aromatic carbocycles. The molecule has 5 nitrogen and oxygen atoms in total. The van der Waals surface area contributed by atoms with E-state index in [1.165, 1.54) is 4.90 Å². The lowest BCUT2D eigenvalue weighted by Gasteiger charge is -2.25. The summed E-state index contributed by atoms with van der Waals surface area (Å²) in [5, 5.41) is 11.5. The molecule has 17 heavy (non-hydrogen) atoms. The van der Waals surface area contributed by atoms with Gasteiger partial charge in [0.05, 0.1) is 6.54 Å². The minimum absolute atomic E-state index is 0.124. The van der Waals surface area contributed by atoms with Crippen LogP contribution in [-0.4, -0.2) is 41.1 Å². The van der Waals surface area contributed by atoms with Crippen molar-refractivity contribution in [3.05, 3.63) is 0 Å². The molecule has 0 rings (SSSR count). The number of urea groups is 1. The first kappa shape index (κ1) is 15.3. The van der Waals surface area contributed by atoms with Gasteiger partial charge in [-0.05, 0) is 12.8 Å². The van der Waals surface area contributed by atoms with Crippen LogP contribution < -0.4 is 5.32 Å². The lowest BCUT2D eigenvalue weighted by Crippen LogP contribution is -2.50. The van der Waals surface area contributed by atoms with Crippen LogP contribution in [0, 0.1) is 18.3 Å². The molecule has 2 N–H and O–H groups in total.